The number of methoxy groups -OCH3 is 1. The van der Waals surface area contributed by atoms with Gasteiger partial charge in [-0.25, -0.2) is 14.1 Å². The largest absolute Gasteiger partial charge is 0.493 e. The maximum Gasteiger partial charge on any atom is 0.335 e. The van der Waals surface area contributed by atoms with Gasteiger partial charge < -0.3 is 9.47 Å². The average Bonchev–Trinajstić information content (AvgIpc) is 2.73. The van der Waals surface area contributed by atoms with Crippen molar-refractivity contribution in [2.75, 3.05) is 12.0 Å². The third-order valence-electron chi connectivity index (χ3n) is 4.64. The van der Waals surface area contributed by atoms with Gasteiger partial charge in [-0.3, -0.25) is 14.9 Å². The molecule has 4 amide bonds. The van der Waals surface area contributed by atoms with Crippen molar-refractivity contribution in [1.29, 1.82) is 0 Å². The Balaban J connectivity index is 2.00. The predicted molar refractivity (Wildman–Crippen MR) is 121 cm³/mol. The number of hydrogen-bond donors (Lipinski definition) is 1. The molecule has 31 heavy (non-hydrogen) atoms. The molecule has 162 valence electrons. The quantitative estimate of drug-likeness (QED) is 0.337. The standard InChI is InChI=1S/C22H20FIN2O5/c1-4-12(2)31-19-17(24)10-13(11-18(19)30-3)9-16-20(27)25-22(29)26(21(16)28)15-7-5-14(23)6-8-15/h5-12H,4H2,1-3H3,(H,25,27,29)/b16-9+/t12-/m0/s1. The third kappa shape index (κ3) is 4.87. The molecule has 1 fully saturated rings. The van der Waals surface area contributed by atoms with Crippen LogP contribution >= 0.6 is 22.6 Å². The molecule has 1 aliphatic heterocycles. The fourth-order valence-electron chi connectivity index (χ4n) is 2.87. The van der Waals surface area contributed by atoms with E-state index in [0.717, 1.165) is 27.0 Å². The second-order valence-corrected chi connectivity index (χ2v) is 7.97. The number of hydrogen-bond acceptors (Lipinski definition) is 5. The molecule has 7 nitrogen and oxygen atoms in total. The van der Waals surface area contributed by atoms with Crippen molar-refractivity contribution in [1.82, 2.24) is 5.32 Å². The summed E-state index contributed by atoms with van der Waals surface area (Å²) in [5.41, 5.74) is 0.425. The highest BCUT2D eigenvalue weighted by Gasteiger charge is 2.36. The van der Waals surface area contributed by atoms with Gasteiger partial charge in [0.05, 0.1) is 22.5 Å². The number of halogens is 2. The van der Waals surface area contributed by atoms with Crippen LogP contribution in [0, 0.1) is 9.39 Å². The lowest BCUT2D eigenvalue weighted by molar-refractivity contribution is -0.122. The Morgan fingerprint density at radius 1 is 1.19 bits per heavy atom. The van der Waals surface area contributed by atoms with Crippen LogP contribution in [0.15, 0.2) is 42.0 Å². The highest BCUT2D eigenvalue weighted by molar-refractivity contribution is 14.1. The van der Waals surface area contributed by atoms with Crippen LogP contribution in [0.2, 0.25) is 0 Å². The number of amides is 4. The summed E-state index contributed by atoms with van der Waals surface area (Å²) in [6.07, 6.45) is 2.17. The van der Waals surface area contributed by atoms with Crippen LogP contribution in [0.3, 0.4) is 0 Å². The number of nitrogens with one attached hydrogen (secondary N) is 1. The number of urea groups is 1. The van der Waals surface area contributed by atoms with E-state index in [4.69, 9.17) is 9.47 Å². The Labute approximate surface area is 192 Å². The van der Waals surface area contributed by atoms with Gasteiger partial charge in [-0.15, -0.1) is 0 Å². The first-order valence-electron chi connectivity index (χ1n) is 9.46. The van der Waals surface area contributed by atoms with Gasteiger partial charge in [0.25, 0.3) is 11.8 Å². The van der Waals surface area contributed by atoms with Crippen molar-refractivity contribution < 1.29 is 28.2 Å². The Bertz CT molecular complexity index is 1070. The molecule has 1 N–H and O–H groups in total. The van der Waals surface area contributed by atoms with Gasteiger partial charge in [0.1, 0.15) is 11.4 Å². The molecule has 3 rings (SSSR count). The van der Waals surface area contributed by atoms with E-state index < -0.39 is 23.7 Å². The summed E-state index contributed by atoms with van der Waals surface area (Å²) in [7, 11) is 1.50. The first-order valence-corrected chi connectivity index (χ1v) is 10.5. The van der Waals surface area contributed by atoms with Gasteiger partial charge in [-0.2, -0.15) is 0 Å². The SMILES string of the molecule is CC[C@H](C)Oc1c(I)cc(/C=C2\C(=O)NC(=O)N(c3ccc(F)cc3)C2=O)cc1OC. The number of barbiturate groups is 1. The van der Waals surface area contributed by atoms with E-state index in [1.807, 2.05) is 13.8 Å². The Hall–Kier alpha value is -2.95. The molecule has 1 aliphatic rings. The highest BCUT2D eigenvalue weighted by atomic mass is 127. The van der Waals surface area contributed by atoms with Gasteiger partial charge in [0.2, 0.25) is 0 Å². The molecular weight excluding hydrogens is 518 g/mol. The van der Waals surface area contributed by atoms with Crippen molar-refractivity contribution in [3.63, 3.8) is 0 Å². The smallest absolute Gasteiger partial charge is 0.335 e. The number of carbonyl (C=O) groups excluding carboxylic acids is 3. The number of carbonyl (C=O) groups is 3. The molecule has 2 aromatic carbocycles. The molecule has 1 saturated heterocycles. The highest BCUT2D eigenvalue weighted by Crippen LogP contribution is 2.36. The van der Waals surface area contributed by atoms with Gasteiger partial charge in [-0.05, 0) is 84.0 Å². The second kappa shape index (κ2) is 9.46. The molecule has 9 heteroatoms. The van der Waals surface area contributed by atoms with E-state index >= 15 is 0 Å². The monoisotopic (exact) mass is 538 g/mol. The Morgan fingerprint density at radius 2 is 1.87 bits per heavy atom. The molecule has 0 aliphatic carbocycles. The van der Waals surface area contributed by atoms with Gasteiger partial charge in [-0.1, -0.05) is 6.92 Å². The summed E-state index contributed by atoms with van der Waals surface area (Å²) >= 11 is 2.09. The number of benzene rings is 2. The predicted octanol–water partition coefficient (Wildman–Crippen LogP) is 4.28. The van der Waals surface area contributed by atoms with Crippen molar-refractivity contribution in [2.24, 2.45) is 0 Å². The van der Waals surface area contributed by atoms with E-state index in [9.17, 15) is 18.8 Å². The minimum Gasteiger partial charge on any atom is -0.493 e. The Kier molecular flexibility index (Phi) is 6.94. The molecule has 0 saturated carbocycles. The topological polar surface area (TPSA) is 84.9 Å². The lowest BCUT2D eigenvalue weighted by Gasteiger charge is -2.26. The van der Waals surface area contributed by atoms with E-state index in [-0.39, 0.29) is 17.4 Å². The van der Waals surface area contributed by atoms with E-state index in [1.54, 1.807) is 12.1 Å². The molecule has 1 heterocycles. The number of rotatable bonds is 6. The van der Waals surface area contributed by atoms with Crippen molar-refractivity contribution >= 4 is 52.2 Å². The van der Waals surface area contributed by atoms with Crippen LogP contribution in [0.1, 0.15) is 25.8 Å². The minimum atomic E-state index is -0.900. The molecule has 2 aromatic rings. The fraction of sp³-hybridized carbons (Fsp3) is 0.227. The van der Waals surface area contributed by atoms with Crippen LogP contribution in [-0.2, 0) is 9.59 Å². The van der Waals surface area contributed by atoms with E-state index in [2.05, 4.69) is 27.9 Å². The van der Waals surface area contributed by atoms with Crippen molar-refractivity contribution in [2.45, 2.75) is 26.4 Å². The first kappa shape index (κ1) is 22.7. The van der Waals surface area contributed by atoms with Crippen molar-refractivity contribution in [3.8, 4) is 11.5 Å². The van der Waals surface area contributed by atoms with Crippen LogP contribution < -0.4 is 19.7 Å². The number of ether oxygens (including phenoxy) is 2. The summed E-state index contributed by atoms with van der Waals surface area (Å²) in [6, 6.07) is 7.31. The minimum absolute atomic E-state index is 0.0207. The van der Waals surface area contributed by atoms with Crippen LogP contribution in [0.5, 0.6) is 11.5 Å². The fourth-order valence-corrected chi connectivity index (χ4v) is 3.62. The number of nitrogens with zero attached hydrogens (tertiary/aromatic N) is 1. The van der Waals surface area contributed by atoms with Gasteiger partial charge in [0.15, 0.2) is 11.5 Å². The molecule has 0 spiro atoms. The molecule has 0 bridgehead atoms. The lowest BCUT2D eigenvalue weighted by atomic mass is 10.1. The lowest BCUT2D eigenvalue weighted by Crippen LogP contribution is -2.54. The normalized spacial score (nSPS) is 16.4. The zero-order valence-electron chi connectivity index (χ0n) is 17.1. The van der Waals surface area contributed by atoms with Crippen LogP contribution in [-0.4, -0.2) is 31.1 Å². The van der Waals surface area contributed by atoms with E-state index in [0.29, 0.717) is 17.1 Å². The summed E-state index contributed by atoms with van der Waals surface area (Å²) in [5.74, 6) is -1.12. The van der Waals surface area contributed by atoms with Crippen LogP contribution in [0.4, 0.5) is 14.9 Å². The first-order chi connectivity index (χ1) is 14.7. The maximum atomic E-state index is 13.2. The molecule has 0 radical (unpaired) electrons. The molecule has 1 atom stereocenters. The molecule has 0 aromatic heterocycles. The van der Waals surface area contributed by atoms with Gasteiger partial charge >= 0.3 is 6.03 Å². The summed E-state index contributed by atoms with van der Waals surface area (Å²) in [5, 5.41) is 2.14. The second-order valence-electron chi connectivity index (χ2n) is 6.81. The number of anilines is 1. The molecular formula is C22H20FIN2O5. The average molecular weight is 538 g/mol. The van der Waals surface area contributed by atoms with E-state index in [1.165, 1.54) is 25.3 Å². The Morgan fingerprint density at radius 3 is 2.48 bits per heavy atom. The van der Waals surface area contributed by atoms with Crippen molar-refractivity contribution in [3.05, 3.63) is 56.9 Å². The maximum absolute atomic E-state index is 13.2. The van der Waals surface area contributed by atoms with Crippen LogP contribution in [0.25, 0.3) is 6.08 Å². The third-order valence-corrected chi connectivity index (χ3v) is 5.44. The zero-order chi connectivity index (χ0) is 22.7. The van der Waals surface area contributed by atoms with Gasteiger partial charge in [0, 0.05) is 0 Å². The zero-order valence-corrected chi connectivity index (χ0v) is 19.2. The summed E-state index contributed by atoms with van der Waals surface area (Å²) < 4.78 is 25.3. The summed E-state index contributed by atoms with van der Waals surface area (Å²) in [6.45, 7) is 3.95. The number of imide groups is 2. The summed E-state index contributed by atoms with van der Waals surface area (Å²) in [4.78, 5) is 38.4. The molecule has 0 unspecified atom stereocenters.